The zero-order valence-electron chi connectivity index (χ0n) is 23.4. The van der Waals surface area contributed by atoms with Crippen LogP contribution >= 0.6 is 11.3 Å². The minimum Gasteiger partial charge on any atom is -0.493 e. The lowest BCUT2D eigenvalue weighted by Crippen LogP contribution is -2.38. The van der Waals surface area contributed by atoms with E-state index in [0.717, 1.165) is 32.4 Å². The molecule has 0 radical (unpaired) electrons. The van der Waals surface area contributed by atoms with Crippen molar-refractivity contribution < 1.29 is 32.2 Å². The van der Waals surface area contributed by atoms with Gasteiger partial charge in [0, 0.05) is 24.0 Å². The average Bonchev–Trinajstić information content (AvgIpc) is 3.26. The molecule has 0 spiro atoms. The first-order valence-corrected chi connectivity index (χ1v) is 14.8. The van der Waals surface area contributed by atoms with Gasteiger partial charge < -0.3 is 24.4 Å². The number of anilines is 2. The number of thiophene rings is 1. The Morgan fingerprint density at radius 2 is 1.70 bits per heavy atom. The Hall–Kier alpha value is -3.61. The highest BCUT2D eigenvalue weighted by atomic mass is 32.2. The van der Waals surface area contributed by atoms with Crippen LogP contribution in [0.1, 0.15) is 31.9 Å². The van der Waals surface area contributed by atoms with E-state index < -0.39 is 28.4 Å². The van der Waals surface area contributed by atoms with Gasteiger partial charge >= 0.3 is 5.97 Å². The van der Waals surface area contributed by atoms with Crippen molar-refractivity contribution in [2.45, 2.75) is 31.7 Å². The first-order valence-electron chi connectivity index (χ1n) is 12.5. The monoisotopic (exact) mass is 587 g/mol. The molecule has 1 aliphatic rings. The van der Waals surface area contributed by atoms with Gasteiger partial charge in [0.15, 0.2) is 11.5 Å². The summed E-state index contributed by atoms with van der Waals surface area (Å²) in [5, 5.41) is 3.15. The largest absolute Gasteiger partial charge is 0.493 e. The van der Waals surface area contributed by atoms with Gasteiger partial charge in [-0.2, -0.15) is 0 Å². The van der Waals surface area contributed by atoms with Crippen LogP contribution in [-0.2, 0) is 32.5 Å². The molecule has 0 fully saturated rings. The molecule has 2 aromatic carbocycles. The Bertz CT molecular complexity index is 1530. The summed E-state index contributed by atoms with van der Waals surface area (Å²) in [6.45, 7) is 4.59. The number of likely N-dealkylation sites (N-methyl/N-ethyl adjacent to an activating group) is 1. The van der Waals surface area contributed by atoms with E-state index in [0.29, 0.717) is 35.0 Å². The van der Waals surface area contributed by atoms with E-state index in [2.05, 4.69) is 10.2 Å². The van der Waals surface area contributed by atoms with Crippen LogP contribution in [0, 0.1) is 13.8 Å². The van der Waals surface area contributed by atoms with Crippen LogP contribution in [-0.4, -0.2) is 66.7 Å². The number of methoxy groups -OCH3 is 3. The molecule has 0 bridgehead atoms. The van der Waals surface area contributed by atoms with E-state index in [1.807, 2.05) is 27.0 Å². The number of hydrogen-bond acceptors (Lipinski definition) is 9. The summed E-state index contributed by atoms with van der Waals surface area (Å²) in [6.07, 6.45) is 0.644. The quantitative estimate of drug-likeness (QED) is 0.374. The molecule has 1 aromatic heterocycles. The van der Waals surface area contributed by atoms with E-state index in [1.165, 1.54) is 50.9 Å². The maximum Gasteiger partial charge on any atom is 0.341 e. The predicted octanol–water partition coefficient (Wildman–Crippen LogP) is 3.99. The molecule has 3 aromatic rings. The van der Waals surface area contributed by atoms with Crippen molar-refractivity contribution in [2.24, 2.45) is 0 Å². The molecule has 0 saturated carbocycles. The molecule has 40 heavy (non-hydrogen) atoms. The lowest BCUT2D eigenvalue weighted by molar-refractivity contribution is -0.114. The molecule has 0 atom stereocenters. The van der Waals surface area contributed by atoms with Crippen LogP contribution in [0.2, 0.25) is 0 Å². The standard InChI is InChI=1S/C28H33N3O7S2/c1-17-11-18(2)13-19(12-17)31(40(34,35)20-7-8-22(36-4)23(14-20)37-5)16-25(32)29-27-26(28(33)38-6)21-9-10-30(3)15-24(21)39-27/h7-8,11-14H,9-10,15-16H2,1-6H3,(H,29,32). The molecule has 12 heteroatoms. The Kier molecular flexibility index (Phi) is 8.71. The van der Waals surface area contributed by atoms with Gasteiger partial charge in [-0.25, -0.2) is 13.2 Å². The predicted molar refractivity (Wildman–Crippen MR) is 154 cm³/mol. The number of hydrogen-bond donors (Lipinski definition) is 1. The molecule has 10 nitrogen and oxygen atoms in total. The van der Waals surface area contributed by atoms with E-state index in [4.69, 9.17) is 14.2 Å². The summed E-state index contributed by atoms with van der Waals surface area (Å²) in [5.74, 6) is -0.521. The highest BCUT2D eigenvalue weighted by Gasteiger charge is 2.31. The molecule has 1 amide bonds. The lowest BCUT2D eigenvalue weighted by Gasteiger charge is -2.25. The second-order valence-corrected chi connectivity index (χ2v) is 12.6. The first kappa shape index (κ1) is 29.4. The van der Waals surface area contributed by atoms with Crippen molar-refractivity contribution in [3.8, 4) is 11.5 Å². The maximum atomic E-state index is 14.0. The van der Waals surface area contributed by atoms with Gasteiger partial charge in [-0.15, -0.1) is 11.3 Å². The van der Waals surface area contributed by atoms with Crippen LogP contribution in [0.4, 0.5) is 10.7 Å². The molecule has 0 saturated heterocycles. The summed E-state index contributed by atoms with van der Waals surface area (Å²) in [7, 11) is 1.93. The van der Waals surface area contributed by atoms with Crippen LogP contribution in [0.5, 0.6) is 11.5 Å². The Morgan fingerprint density at radius 3 is 2.33 bits per heavy atom. The fraction of sp³-hybridized carbons (Fsp3) is 0.357. The number of carbonyl (C=O) groups is 2. The summed E-state index contributed by atoms with van der Waals surface area (Å²) in [6, 6.07) is 9.60. The number of benzene rings is 2. The van der Waals surface area contributed by atoms with Gasteiger partial charge in [0.1, 0.15) is 11.5 Å². The Morgan fingerprint density at radius 1 is 1.02 bits per heavy atom. The number of sulfonamides is 1. The molecule has 0 aliphatic carbocycles. The summed E-state index contributed by atoms with van der Waals surface area (Å²) in [5.41, 5.74) is 3.19. The van der Waals surface area contributed by atoms with Crippen molar-refractivity contribution in [2.75, 3.05) is 51.1 Å². The third-order valence-corrected chi connectivity index (χ3v) is 9.52. The smallest absolute Gasteiger partial charge is 0.341 e. The maximum absolute atomic E-state index is 14.0. The summed E-state index contributed by atoms with van der Waals surface area (Å²) >= 11 is 1.31. The number of ether oxygens (including phenoxy) is 3. The summed E-state index contributed by atoms with van der Waals surface area (Å²) < 4.78 is 44.6. The zero-order chi connectivity index (χ0) is 29.2. The van der Waals surface area contributed by atoms with Crippen LogP contribution in [0.25, 0.3) is 0 Å². The number of nitrogens with one attached hydrogen (secondary N) is 1. The number of esters is 1. The van der Waals surface area contributed by atoms with Crippen LogP contribution < -0.4 is 19.1 Å². The van der Waals surface area contributed by atoms with Gasteiger partial charge in [0.25, 0.3) is 10.0 Å². The van der Waals surface area contributed by atoms with E-state index in [9.17, 15) is 18.0 Å². The number of rotatable bonds is 9. The molecule has 4 rings (SSSR count). The zero-order valence-corrected chi connectivity index (χ0v) is 25.0. The molecule has 1 N–H and O–H groups in total. The Balaban J connectivity index is 1.73. The number of nitrogens with zero attached hydrogens (tertiary/aromatic N) is 2. The fourth-order valence-electron chi connectivity index (χ4n) is 4.75. The van der Waals surface area contributed by atoms with Crippen LogP contribution in [0.3, 0.4) is 0 Å². The van der Waals surface area contributed by atoms with Gasteiger partial charge in [-0.05, 0) is 68.3 Å². The van der Waals surface area contributed by atoms with Crippen molar-refractivity contribution in [1.29, 1.82) is 0 Å². The molecular formula is C28H33N3O7S2. The molecule has 2 heterocycles. The number of fused-ring (bicyclic) bond motifs is 1. The van der Waals surface area contributed by atoms with Gasteiger partial charge in [0.05, 0.1) is 37.5 Å². The SMILES string of the molecule is COC(=O)c1c(NC(=O)CN(c2cc(C)cc(C)c2)S(=O)(=O)c2ccc(OC)c(OC)c2)sc2c1CCN(C)C2. The number of carbonyl (C=O) groups excluding carboxylic acids is 2. The topological polar surface area (TPSA) is 114 Å². The van der Waals surface area contributed by atoms with Crippen molar-refractivity contribution in [3.63, 3.8) is 0 Å². The van der Waals surface area contributed by atoms with Crippen molar-refractivity contribution in [3.05, 3.63) is 63.5 Å². The Labute approximate surface area is 238 Å². The summed E-state index contributed by atoms with van der Waals surface area (Å²) in [4.78, 5) is 29.2. The third kappa shape index (κ3) is 5.93. The lowest BCUT2D eigenvalue weighted by atomic mass is 10.0. The molecular weight excluding hydrogens is 554 g/mol. The van der Waals surface area contributed by atoms with Gasteiger partial charge in [-0.1, -0.05) is 6.07 Å². The number of aryl methyl sites for hydroxylation is 2. The minimum atomic E-state index is -4.23. The van der Waals surface area contributed by atoms with E-state index in [-0.39, 0.29) is 10.6 Å². The van der Waals surface area contributed by atoms with Gasteiger partial charge in [0.2, 0.25) is 5.91 Å². The van der Waals surface area contributed by atoms with Crippen LogP contribution in [0.15, 0.2) is 41.3 Å². The molecule has 214 valence electrons. The average molecular weight is 588 g/mol. The van der Waals surface area contributed by atoms with E-state index in [1.54, 1.807) is 12.1 Å². The van der Waals surface area contributed by atoms with E-state index >= 15 is 0 Å². The third-order valence-electron chi connectivity index (χ3n) is 6.61. The minimum absolute atomic E-state index is 0.0676. The molecule has 0 unspecified atom stereocenters. The molecule has 1 aliphatic heterocycles. The normalized spacial score (nSPS) is 13.3. The highest BCUT2D eigenvalue weighted by Crippen LogP contribution is 2.38. The highest BCUT2D eigenvalue weighted by molar-refractivity contribution is 7.92. The second kappa shape index (κ2) is 11.9. The van der Waals surface area contributed by atoms with Crippen molar-refractivity contribution in [1.82, 2.24) is 4.90 Å². The van der Waals surface area contributed by atoms with Crippen molar-refractivity contribution >= 4 is 43.9 Å². The first-order chi connectivity index (χ1) is 19.0. The second-order valence-electron chi connectivity index (χ2n) is 9.61. The van der Waals surface area contributed by atoms with Gasteiger partial charge in [-0.3, -0.25) is 9.10 Å². The fourth-order valence-corrected chi connectivity index (χ4v) is 7.50. The number of amides is 1.